The van der Waals surface area contributed by atoms with E-state index in [9.17, 15) is 15.3 Å². The Hall–Kier alpha value is -7.38. The Morgan fingerprint density at radius 2 is 0.341 bits per heavy atom. The van der Waals surface area contributed by atoms with Gasteiger partial charge in [-0.25, -0.2) is 14.4 Å². The highest BCUT2D eigenvalue weighted by molar-refractivity contribution is 6.21. The van der Waals surface area contributed by atoms with Crippen LogP contribution in [0, 0.1) is 0 Å². The first-order valence-electron chi connectivity index (χ1n) is 54.5. The van der Waals surface area contributed by atoms with Crippen molar-refractivity contribution in [2.45, 2.75) is 500 Å². The number of aryl methyl sites for hydroxylation is 6. The van der Waals surface area contributed by atoms with E-state index in [2.05, 4.69) is 41.5 Å². The molecule has 132 heavy (non-hydrogen) atoms. The first-order valence-corrected chi connectivity index (χ1v) is 54.5. The Kier molecular flexibility index (Phi) is 56.6. The van der Waals surface area contributed by atoms with Gasteiger partial charge in [-0.1, -0.05) is 497 Å². The molecule has 0 aliphatic heterocycles. The fourth-order valence-electron chi connectivity index (χ4n) is 19.9. The van der Waals surface area contributed by atoms with Gasteiger partial charge in [0.05, 0.1) is 16.7 Å². The van der Waals surface area contributed by atoms with Crippen molar-refractivity contribution in [1.29, 1.82) is 0 Å². The molecule has 1 saturated carbocycles. The molecule has 3 N–H and O–H groups in total. The number of aliphatic hydroxyl groups excluding tert-OH is 3. The van der Waals surface area contributed by atoms with Gasteiger partial charge in [0.15, 0.2) is 0 Å². The summed E-state index contributed by atoms with van der Waals surface area (Å²) in [5.74, 6) is -8.24. The van der Waals surface area contributed by atoms with Crippen molar-refractivity contribution < 1.29 is 58.3 Å². The molecule has 0 aromatic heterocycles. The van der Waals surface area contributed by atoms with Gasteiger partial charge in [0.25, 0.3) is 16.8 Å². The van der Waals surface area contributed by atoms with Crippen molar-refractivity contribution in [3.63, 3.8) is 0 Å². The topological polar surface area (TPSA) is 191 Å². The molecule has 12 nitrogen and oxygen atoms in total. The number of aliphatic hydroxyl groups is 3. The third-order valence-corrected chi connectivity index (χ3v) is 28.4. The van der Waals surface area contributed by atoms with Gasteiger partial charge in [0.2, 0.25) is 17.3 Å². The number of unbranched alkanes of at least 4 members (excludes halogenated alkanes) is 54. The third kappa shape index (κ3) is 37.6. The van der Waals surface area contributed by atoms with Crippen LogP contribution in [0.25, 0.3) is 0 Å². The fraction of sp³-hybridized carbons (Fsp3) is 0.650. The molecule has 732 valence electrons. The van der Waals surface area contributed by atoms with Gasteiger partial charge in [-0.15, -0.1) is 0 Å². The molecule has 0 unspecified atom stereocenters. The van der Waals surface area contributed by atoms with Crippen molar-refractivity contribution in [2.24, 2.45) is 0 Å². The molecule has 0 bridgehead atoms. The highest BCUT2D eigenvalue weighted by Gasteiger charge is 2.88. The molecule has 0 spiro atoms. The highest BCUT2D eigenvalue weighted by Crippen LogP contribution is 2.56. The molecule has 1 aliphatic rings. The predicted molar refractivity (Wildman–Crippen MR) is 547 cm³/mol. The first-order chi connectivity index (χ1) is 64.6. The van der Waals surface area contributed by atoms with Crippen LogP contribution in [-0.4, -0.2) is 85.7 Å². The van der Waals surface area contributed by atoms with E-state index in [4.69, 9.17) is 14.2 Å². The Labute approximate surface area is 801 Å². The zero-order valence-corrected chi connectivity index (χ0v) is 83.8. The number of hydrogen-bond acceptors (Lipinski definition) is 12. The molecule has 0 amide bonds. The van der Waals surface area contributed by atoms with E-state index in [-0.39, 0.29) is 33.4 Å². The summed E-state index contributed by atoms with van der Waals surface area (Å²) in [5.41, 5.74) is -7.94. The second kappa shape index (κ2) is 67.0. The molecule has 0 heterocycles. The minimum Gasteiger partial charge on any atom is -0.439 e. The average Bonchev–Trinajstić information content (AvgIpc) is 0.656. The van der Waals surface area contributed by atoms with Crippen LogP contribution in [0.4, 0.5) is 0 Å². The highest BCUT2D eigenvalue weighted by atomic mass is 16.7. The lowest BCUT2D eigenvalue weighted by Gasteiger charge is -2.60. The summed E-state index contributed by atoms with van der Waals surface area (Å²) < 4.78 is 21.3. The summed E-state index contributed by atoms with van der Waals surface area (Å²) >= 11 is 0. The predicted octanol–water partition coefficient (Wildman–Crippen LogP) is 32.3. The number of Topliss-reactive ketones (excluding diaryl/α,β-unsaturated/α-hetero) is 3. The van der Waals surface area contributed by atoms with Crippen molar-refractivity contribution in [1.82, 2.24) is 0 Å². The fourth-order valence-corrected chi connectivity index (χ4v) is 19.9. The number of rotatable bonds is 78. The van der Waals surface area contributed by atoms with E-state index in [1.807, 2.05) is 0 Å². The van der Waals surface area contributed by atoms with Crippen LogP contribution in [0.15, 0.2) is 146 Å². The van der Waals surface area contributed by atoms with Gasteiger partial charge in [0, 0.05) is 16.7 Å². The molecule has 6 aromatic carbocycles. The quantitative estimate of drug-likeness (QED) is 0.0142. The number of carbonyl (C=O) groups excluding carboxylic acids is 6. The van der Waals surface area contributed by atoms with Crippen molar-refractivity contribution in [3.8, 4) is 0 Å². The SMILES string of the molecule is CCCCCCCCCCCCc1ccc(C(=O)O[C@@]2(C(=O)c3ccc(CCCCCCCCCCCC)cc3)[C@@](OC(=O)c3ccc(CCCCCCCCCCCC)cc3)(C(=O)c3ccc(CCCCCCCCCCCC)cc3)[C@@H](O)[C@H](O)[C@@H](O)[C@@]2(OC(=O)c2ccc(CCCCCCCCCCCC)cc2)C(=O)c2ccc(CCCCCCCCCCCC)cc2)cc1. The maximum atomic E-state index is 18.3. The van der Waals surface area contributed by atoms with E-state index < -0.39 is 70.4 Å². The minimum absolute atomic E-state index is 0.166. The first kappa shape index (κ1) is 112. The van der Waals surface area contributed by atoms with Crippen LogP contribution in [0.1, 0.15) is 522 Å². The second-order valence-corrected chi connectivity index (χ2v) is 39.5. The number of ether oxygens (including phenoxy) is 3. The summed E-state index contributed by atoms with van der Waals surface area (Å²) in [4.78, 5) is 104. The van der Waals surface area contributed by atoms with Crippen molar-refractivity contribution in [3.05, 3.63) is 212 Å². The van der Waals surface area contributed by atoms with Gasteiger partial charge in [-0.05, 0) is 147 Å². The number of esters is 3. The Bertz CT molecular complexity index is 3870. The van der Waals surface area contributed by atoms with Crippen LogP contribution in [0.5, 0.6) is 0 Å². The van der Waals surface area contributed by atoms with E-state index in [1.165, 1.54) is 304 Å². The Morgan fingerprint density at radius 3 is 0.515 bits per heavy atom. The van der Waals surface area contributed by atoms with Crippen LogP contribution in [-0.2, 0) is 52.7 Å². The van der Waals surface area contributed by atoms with Crippen LogP contribution in [0.3, 0.4) is 0 Å². The zero-order chi connectivity index (χ0) is 94.4. The van der Waals surface area contributed by atoms with Gasteiger partial charge in [-0.2, -0.15) is 0 Å². The smallest absolute Gasteiger partial charge is 0.339 e. The van der Waals surface area contributed by atoms with Crippen LogP contribution in [0.2, 0.25) is 0 Å². The van der Waals surface area contributed by atoms with E-state index in [0.29, 0.717) is 38.5 Å². The van der Waals surface area contributed by atoms with Gasteiger partial charge in [-0.3, -0.25) is 14.4 Å². The summed E-state index contributed by atoms with van der Waals surface area (Å²) in [6.45, 7) is 13.4. The summed E-state index contributed by atoms with van der Waals surface area (Å²) in [6.07, 6.45) is 63.9. The monoisotopic (exact) mass is 1810 g/mol. The van der Waals surface area contributed by atoms with Gasteiger partial charge >= 0.3 is 17.9 Å². The van der Waals surface area contributed by atoms with Gasteiger partial charge < -0.3 is 29.5 Å². The zero-order valence-electron chi connectivity index (χ0n) is 83.8. The molecular weight excluding hydrogens is 1630 g/mol. The Morgan fingerprint density at radius 1 is 0.197 bits per heavy atom. The second-order valence-electron chi connectivity index (χ2n) is 39.5. The Balaban J connectivity index is 1.46. The lowest BCUT2D eigenvalue weighted by Crippen LogP contribution is -2.91. The van der Waals surface area contributed by atoms with Crippen LogP contribution < -0.4 is 0 Å². The van der Waals surface area contributed by atoms with Gasteiger partial charge in [0.1, 0.15) is 18.3 Å². The number of ketones is 3. The maximum absolute atomic E-state index is 18.3. The van der Waals surface area contributed by atoms with E-state index in [1.54, 1.807) is 72.8 Å². The lowest BCUT2D eigenvalue weighted by molar-refractivity contribution is -0.293. The van der Waals surface area contributed by atoms with Crippen molar-refractivity contribution >= 4 is 35.3 Å². The number of benzene rings is 6. The standard InChI is InChI=1S/C120H180O12/c1-7-13-19-25-31-37-43-49-55-61-67-97-73-85-103(86-74-97)110(122)118(130-115(127)106-91-79-100(80-92-106)70-64-58-52-46-40-34-28-22-16-10-4)113(125)109(121)114(126)119(111(123)104-87-75-98(76-88-104)68-62-56-50-44-38-32-26-20-14-8-2,131-116(128)107-93-81-101(82-94-107)71-65-59-53-47-41-35-29-23-17-11-5)120(118,112(124)105-89-77-99(78-90-105)69-63-57-51-45-39-33-27-21-15-9-3)132-117(129)108-95-83-102(84-96-108)72-66-60-54-48-42-36-30-24-18-12-6/h73-96,109,113-114,121,125-126H,7-72H2,1-6H3/t109-,113-,114+,118+,119-,120-. The molecular formula is C120H180O12. The lowest BCUT2D eigenvalue weighted by atomic mass is 9.52. The molecule has 1 aliphatic carbocycles. The minimum atomic E-state index is -4.03. The molecule has 6 aromatic rings. The maximum Gasteiger partial charge on any atom is 0.339 e. The molecule has 0 radical (unpaired) electrons. The molecule has 12 heteroatoms. The van der Waals surface area contributed by atoms with Crippen molar-refractivity contribution in [2.75, 3.05) is 0 Å². The average molecular weight is 1810 g/mol. The molecule has 7 rings (SSSR count). The summed E-state index contributed by atoms with van der Waals surface area (Å²) in [7, 11) is 0. The van der Waals surface area contributed by atoms with E-state index >= 15 is 28.8 Å². The normalized spacial score (nSPS) is 17.2. The van der Waals surface area contributed by atoms with Crippen LogP contribution >= 0.6 is 0 Å². The molecule has 0 saturated heterocycles. The largest absolute Gasteiger partial charge is 0.439 e. The number of hydrogen-bond donors (Lipinski definition) is 3. The summed E-state index contributed by atoms with van der Waals surface area (Å²) in [5, 5.41) is 41.9. The number of carbonyl (C=O) groups is 6. The van der Waals surface area contributed by atoms with E-state index in [0.717, 1.165) is 187 Å². The summed E-state index contributed by atoms with van der Waals surface area (Å²) in [6, 6.07) is 39.3. The third-order valence-electron chi connectivity index (χ3n) is 28.4. The molecule has 1 fully saturated rings. The molecule has 6 atom stereocenters.